The van der Waals surface area contributed by atoms with Gasteiger partial charge < -0.3 is 14.4 Å². The molecule has 1 aromatic carbocycles. The zero-order valence-electron chi connectivity index (χ0n) is 13.2. The van der Waals surface area contributed by atoms with Gasteiger partial charge in [-0.1, -0.05) is 0 Å². The van der Waals surface area contributed by atoms with E-state index in [-0.39, 0.29) is 5.91 Å². The topological polar surface area (TPSA) is 64.6 Å². The number of fused-ring (bicyclic) bond motifs is 1. The lowest BCUT2D eigenvalue weighted by molar-refractivity contribution is 0.0327. The molecule has 124 valence electrons. The zero-order chi connectivity index (χ0) is 16.1. The van der Waals surface area contributed by atoms with Crippen LogP contribution in [0.1, 0.15) is 23.2 Å². The SMILES string of the molecule is COCCOCC1CCN(C(=O)c2ccc3nsnc3c2)CC1. The van der Waals surface area contributed by atoms with E-state index >= 15 is 0 Å². The van der Waals surface area contributed by atoms with Crippen molar-refractivity contribution in [1.82, 2.24) is 13.6 Å². The molecule has 6 nitrogen and oxygen atoms in total. The summed E-state index contributed by atoms with van der Waals surface area (Å²) >= 11 is 1.17. The summed E-state index contributed by atoms with van der Waals surface area (Å²) in [6.45, 7) is 3.58. The van der Waals surface area contributed by atoms with Crippen LogP contribution in [0, 0.1) is 5.92 Å². The highest BCUT2D eigenvalue weighted by atomic mass is 32.1. The first kappa shape index (κ1) is 16.3. The minimum atomic E-state index is 0.0821. The van der Waals surface area contributed by atoms with Crippen molar-refractivity contribution in [1.29, 1.82) is 0 Å². The highest BCUT2D eigenvalue weighted by Gasteiger charge is 2.24. The Morgan fingerprint density at radius 2 is 2.04 bits per heavy atom. The second kappa shape index (κ2) is 7.81. The van der Waals surface area contributed by atoms with Gasteiger partial charge in [0.15, 0.2) is 0 Å². The summed E-state index contributed by atoms with van der Waals surface area (Å²) < 4.78 is 18.9. The predicted octanol–water partition coefficient (Wildman–Crippen LogP) is 2.21. The average molecular weight is 335 g/mol. The van der Waals surface area contributed by atoms with E-state index < -0.39 is 0 Å². The number of likely N-dealkylation sites (tertiary alicyclic amines) is 1. The average Bonchev–Trinajstić information content (AvgIpc) is 3.06. The Morgan fingerprint density at radius 1 is 1.26 bits per heavy atom. The molecule has 0 saturated carbocycles. The van der Waals surface area contributed by atoms with Crippen LogP contribution in [0.4, 0.5) is 0 Å². The molecule has 0 N–H and O–H groups in total. The summed E-state index contributed by atoms with van der Waals surface area (Å²) in [6, 6.07) is 5.54. The summed E-state index contributed by atoms with van der Waals surface area (Å²) in [7, 11) is 1.67. The van der Waals surface area contributed by atoms with Gasteiger partial charge in [-0.2, -0.15) is 8.75 Å². The predicted molar refractivity (Wildman–Crippen MR) is 88.7 cm³/mol. The van der Waals surface area contributed by atoms with Crippen LogP contribution in [-0.2, 0) is 9.47 Å². The normalized spacial score (nSPS) is 16.1. The Morgan fingerprint density at radius 3 is 2.83 bits per heavy atom. The summed E-state index contributed by atoms with van der Waals surface area (Å²) in [5.74, 6) is 0.611. The monoisotopic (exact) mass is 335 g/mol. The van der Waals surface area contributed by atoms with Gasteiger partial charge in [0, 0.05) is 32.4 Å². The minimum absolute atomic E-state index is 0.0821. The number of nitrogens with zero attached hydrogens (tertiary/aromatic N) is 3. The fourth-order valence-electron chi connectivity index (χ4n) is 2.79. The van der Waals surface area contributed by atoms with Crippen LogP contribution >= 0.6 is 11.7 Å². The Kier molecular flexibility index (Phi) is 5.53. The number of rotatable bonds is 6. The van der Waals surface area contributed by atoms with Crippen molar-refractivity contribution in [3.8, 4) is 0 Å². The second-order valence-electron chi connectivity index (χ2n) is 5.77. The van der Waals surface area contributed by atoms with E-state index in [4.69, 9.17) is 9.47 Å². The molecule has 1 aromatic heterocycles. The van der Waals surface area contributed by atoms with Crippen LogP contribution in [-0.4, -0.2) is 59.6 Å². The smallest absolute Gasteiger partial charge is 0.253 e. The van der Waals surface area contributed by atoms with E-state index in [0.29, 0.717) is 24.7 Å². The molecule has 0 radical (unpaired) electrons. The maximum atomic E-state index is 12.6. The number of hydrogen-bond acceptors (Lipinski definition) is 6. The number of aromatic nitrogens is 2. The number of amides is 1. The number of carbonyl (C=O) groups is 1. The lowest BCUT2D eigenvalue weighted by Gasteiger charge is -2.32. The van der Waals surface area contributed by atoms with Gasteiger partial charge in [-0.25, -0.2) is 0 Å². The van der Waals surface area contributed by atoms with E-state index in [1.807, 2.05) is 23.1 Å². The van der Waals surface area contributed by atoms with Gasteiger partial charge in [-0.15, -0.1) is 0 Å². The van der Waals surface area contributed by atoms with Crippen LogP contribution in [0.5, 0.6) is 0 Å². The molecular weight excluding hydrogens is 314 g/mol. The first-order valence-corrected chi connectivity index (χ1v) is 8.59. The molecule has 0 spiro atoms. The van der Waals surface area contributed by atoms with Gasteiger partial charge >= 0.3 is 0 Å². The van der Waals surface area contributed by atoms with Crippen molar-refractivity contribution in [3.63, 3.8) is 0 Å². The number of carbonyl (C=O) groups excluding carboxylic acids is 1. The first-order chi connectivity index (χ1) is 11.3. The summed E-state index contributed by atoms with van der Waals surface area (Å²) in [5.41, 5.74) is 2.33. The fraction of sp³-hybridized carbons (Fsp3) is 0.562. The van der Waals surface area contributed by atoms with Crippen LogP contribution in [0.3, 0.4) is 0 Å². The highest BCUT2D eigenvalue weighted by Crippen LogP contribution is 2.21. The molecule has 1 saturated heterocycles. The number of ether oxygens (including phenoxy) is 2. The third-order valence-electron chi connectivity index (χ3n) is 4.19. The van der Waals surface area contributed by atoms with Gasteiger partial charge in [0.05, 0.1) is 24.9 Å². The Labute approximate surface area is 139 Å². The van der Waals surface area contributed by atoms with Crippen LogP contribution < -0.4 is 0 Å². The molecule has 2 aromatic rings. The number of hydrogen-bond donors (Lipinski definition) is 0. The van der Waals surface area contributed by atoms with Crippen molar-refractivity contribution in [2.24, 2.45) is 5.92 Å². The van der Waals surface area contributed by atoms with Crippen LogP contribution in [0.25, 0.3) is 11.0 Å². The zero-order valence-corrected chi connectivity index (χ0v) is 14.1. The molecule has 1 fully saturated rings. The molecule has 0 atom stereocenters. The molecule has 23 heavy (non-hydrogen) atoms. The Balaban J connectivity index is 1.51. The molecule has 0 bridgehead atoms. The van der Waals surface area contributed by atoms with Gasteiger partial charge in [-0.05, 0) is 37.0 Å². The molecule has 1 aliphatic heterocycles. The highest BCUT2D eigenvalue weighted by molar-refractivity contribution is 7.00. The third kappa shape index (κ3) is 4.04. The molecule has 7 heteroatoms. The van der Waals surface area contributed by atoms with E-state index in [1.54, 1.807) is 7.11 Å². The lowest BCUT2D eigenvalue weighted by atomic mass is 9.97. The largest absolute Gasteiger partial charge is 0.382 e. The van der Waals surface area contributed by atoms with Crippen molar-refractivity contribution in [2.75, 3.05) is 40.0 Å². The number of piperidine rings is 1. The molecule has 1 aliphatic rings. The van der Waals surface area contributed by atoms with E-state index in [9.17, 15) is 4.79 Å². The summed E-state index contributed by atoms with van der Waals surface area (Å²) in [4.78, 5) is 14.5. The molecule has 0 aliphatic carbocycles. The van der Waals surface area contributed by atoms with Crippen LogP contribution in [0.2, 0.25) is 0 Å². The number of methoxy groups -OCH3 is 1. The van der Waals surface area contributed by atoms with E-state index in [0.717, 1.165) is 43.6 Å². The van der Waals surface area contributed by atoms with Crippen molar-refractivity contribution in [3.05, 3.63) is 23.8 Å². The summed E-state index contributed by atoms with van der Waals surface area (Å²) in [5, 5.41) is 0. The van der Waals surface area contributed by atoms with Crippen LogP contribution in [0.15, 0.2) is 18.2 Å². The standard InChI is InChI=1S/C16H21N3O3S/c1-21-8-9-22-11-12-4-6-19(7-5-12)16(20)13-2-3-14-15(10-13)18-23-17-14/h2-3,10,12H,4-9,11H2,1H3. The Hall–Kier alpha value is -1.57. The minimum Gasteiger partial charge on any atom is -0.382 e. The Bertz CT molecular complexity index is 653. The maximum Gasteiger partial charge on any atom is 0.253 e. The summed E-state index contributed by atoms with van der Waals surface area (Å²) in [6.07, 6.45) is 1.97. The quantitative estimate of drug-likeness (QED) is 0.757. The first-order valence-electron chi connectivity index (χ1n) is 7.86. The number of benzene rings is 1. The molecule has 0 unspecified atom stereocenters. The fourth-order valence-corrected chi connectivity index (χ4v) is 3.31. The lowest BCUT2D eigenvalue weighted by Crippen LogP contribution is -2.39. The van der Waals surface area contributed by atoms with Gasteiger partial charge in [0.25, 0.3) is 5.91 Å². The third-order valence-corrected chi connectivity index (χ3v) is 4.74. The maximum absolute atomic E-state index is 12.6. The van der Waals surface area contributed by atoms with Gasteiger partial charge in [0.2, 0.25) is 0 Å². The van der Waals surface area contributed by atoms with Gasteiger partial charge in [0.1, 0.15) is 11.0 Å². The van der Waals surface area contributed by atoms with Crippen molar-refractivity contribution in [2.45, 2.75) is 12.8 Å². The molecule has 2 heterocycles. The van der Waals surface area contributed by atoms with Crippen molar-refractivity contribution >= 4 is 28.7 Å². The van der Waals surface area contributed by atoms with E-state index in [1.165, 1.54) is 11.7 Å². The molecule has 3 rings (SSSR count). The van der Waals surface area contributed by atoms with Gasteiger partial charge in [-0.3, -0.25) is 4.79 Å². The van der Waals surface area contributed by atoms with E-state index in [2.05, 4.69) is 8.75 Å². The second-order valence-corrected chi connectivity index (χ2v) is 6.30. The molecular formula is C16H21N3O3S. The molecule has 1 amide bonds. The van der Waals surface area contributed by atoms with Crippen molar-refractivity contribution < 1.29 is 14.3 Å².